The van der Waals surface area contributed by atoms with E-state index in [1.165, 1.54) is 5.56 Å². The lowest BCUT2D eigenvalue weighted by Crippen LogP contribution is -2.33. The highest BCUT2D eigenvalue weighted by atomic mass is 35.5. The van der Waals surface area contributed by atoms with Gasteiger partial charge < -0.3 is 4.74 Å². The third kappa shape index (κ3) is 5.75. The van der Waals surface area contributed by atoms with Gasteiger partial charge in [-0.3, -0.25) is 14.5 Å². The van der Waals surface area contributed by atoms with Crippen molar-refractivity contribution in [3.8, 4) is 0 Å². The minimum Gasteiger partial charge on any atom is -0.457 e. The van der Waals surface area contributed by atoms with Gasteiger partial charge in [0, 0.05) is 22.4 Å². The number of halogens is 1. The fraction of sp³-hybridized carbons (Fsp3) is 0.462. The molecule has 0 saturated carbocycles. The number of Topliss-reactive ketones (excluding diaryl/α,β-unsaturated/α-hetero) is 1. The number of ether oxygens (including phenoxy) is 1. The second kappa shape index (κ2) is 10.9. The monoisotopic (exact) mass is 471 g/mol. The predicted molar refractivity (Wildman–Crippen MR) is 129 cm³/mol. The van der Waals surface area contributed by atoms with Gasteiger partial charge in [0.25, 0.3) is 0 Å². The molecule has 0 aromatic heterocycles. The first-order chi connectivity index (χ1) is 15.5. The lowest BCUT2D eigenvalue weighted by Gasteiger charge is -2.29. The van der Waals surface area contributed by atoms with Crippen LogP contribution in [0.1, 0.15) is 49.3 Å². The standard InChI is InChI=1S/C26H30ClNO3S/c1-32-22-11-7-20(8-12-22)26-23(16-24(29)31-26)25(30)19-4-2-3-14-28(15-13-19)17-18-5-9-21(27)10-6-18/h5-12,19,23,26H,2-4,13-17H2,1H3/t19?,23-,26-/m1/s1. The second-order valence-corrected chi connectivity index (χ2v) is 10.1. The van der Waals surface area contributed by atoms with Crippen molar-refractivity contribution in [3.63, 3.8) is 0 Å². The van der Waals surface area contributed by atoms with E-state index < -0.39 is 6.10 Å². The van der Waals surface area contributed by atoms with Gasteiger partial charge in [-0.15, -0.1) is 11.8 Å². The van der Waals surface area contributed by atoms with Crippen molar-refractivity contribution < 1.29 is 14.3 Å². The summed E-state index contributed by atoms with van der Waals surface area (Å²) in [6.07, 6.45) is 5.60. The minimum atomic E-state index is -0.457. The van der Waals surface area contributed by atoms with Crippen LogP contribution in [0.2, 0.25) is 5.02 Å². The third-order valence-electron chi connectivity index (χ3n) is 6.61. The van der Waals surface area contributed by atoms with E-state index in [1.54, 1.807) is 11.8 Å². The fourth-order valence-corrected chi connectivity index (χ4v) is 5.35. The van der Waals surface area contributed by atoms with Crippen molar-refractivity contribution in [2.75, 3.05) is 19.3 Å². The number of nitrogens with zero attached hydrogens (tertiary/aromatic N) is 1. The highest BCUT2D eigenvalue weighted by Crippen LogP contribution is 2.39. The summed E-state index contributed by atoms with van der Waals surface area (Å²) in [6, 6.07) is 16.0. The van der Waals surface area contributed by atoms with Crippen molar-refractivity contribution in [2.45, 2.75) is 49.6 Å². The van der Waals surface area contributed by atoms with Gasteiger partial charge >= 0.3 is 5.97 Å². The number of ketones is 1. The maximum Gasteiger partial charge on any atom is 0.307 e. The summed E-state index contributed by atoms with van der Waals surface area (Å²) in [5, 5.41) is 0.748. The second-order valence-electron chi connectivity index (χ2n) is 8.78. The van der Waals surface area contributed by atoms with Crippen LogP contribution in [0.15, 0.2) is 53.4 Å². The number of carbonyl (C=O) groups is 2. The Balaban J connectivity index is 1.42. The van der Waals surface area contributed by atoms with Gasteiger partial charge in [0.2, 0.25) is 0 Å². The molecule has 2 aliphatic heterocycles. The van der Waals surface area contributed by atoms with E-state index in [9.17, 15) is 9.59 Å². The molecular weight excluding hydrogens is 442 g/mol. The van der Waals surface area contributed by atoms with Crippen LogP contribution < -0.4 is 0 Å². The topological polar surface area (TPSA) is 46.6 Å². The van der Waals surface area contributed by atoms with Crippen molar-refractivity contribution in [1.82, 2.24) is 4.90 Å². The molecule has 2 aromatic rings. The van der Waals surface area contributed by atoms with Gasteiger partial charge in [-0.1, -0.05) is 42.3 Å². The van der Waals surface area contributed by atoms with E-state index in [0.29, 0.717) is 0 Å². The smallest absolute Gasteiger partial charge is 0.307 e. The molecule has 170 valence electrons. The third-order valence-corrected chi connectivity index (χ3v) is 7.61. The summed E-state index contributed by atoms with van der Waals surface area (Å²) in [6.45, 7) is 2.79. The summed E-state index contributed by atoms with van der Waals surface area (Å²) >= 11 is 7.68. The van der Waals surface area contributed by atoms with Crippen molar-refractivity contribution in [1.29, 1.82) is 0 Å². The number of benzene rings is 2. The molecule has 0 amide bonds. The highest BCUT2D eigenvalue weighted by molar-refractivity contribution is 7.98. The zero-order valence-corrected chi connectivity index (χ0v) is 20.0. The number of hydrogen-bond acceptors (Lipinski definition) is 5. The molecule has 2 aromatic carbocycles. The Morgan fingerprint density at radius 3 is 2.53 bits per heavy atom. The van der Waals surface area contributed by atoms with Gasteiger partial charge in [-0.25, -0.2) is 0 Å². The number of thioether (sulfide) groups is 1. The highest BCUT2D eigenvalue weighted by Gasteiger charge is 2.42. The Bertz CT molecular complexity index is 931. The number of cyclic esters (lactones) is 1. The molecule has 3 atom stereocenters. The number of hydrogen-bond donors (Lipinski definition) is 0. The van der Waals surface area contributed by atoms with Gasteiger partial charge in [0.1, 0.15) is 11.9 Å². The van der Waals surface area contributed by atoms with Crippen molar-refractivity contribution in [2.24, 2.45) is 11.8 Å². The molecule has 4 nitrogen and oxygen atoms in total. The van der Waals surface area contributed by atoms with Crippen LogP contribution in [-0.2, 0) is 20.9 Å². The lowest BCUT2D eigenvalue weighted by molar-refractivity contribution is -0.142. The SMILES string of the molecule is CSc1ccc([C@H]2OC(=O)C[C@@H]2C(=O)C2CCCCN(Cc3ccc(Cl)cc3)CC2)cc1. The first-order valence-electron chi connectivity index (χ1n) is 11.4. The number of likely N-dealkylation sites (tertiary alicyclic amines) is 1. The average molecular weight is 472 g/mol. The molecule has 1 unspecified atom stereocenters. The van der Waals surface area contributed by atoms with E-state index in [1.807, 2.05) is 42.7 Å². The summed E-state index contributed by atoms with van der Waals surface area (Å²) in [4.78, 5) is 29.3. The summed E-state index contributed by atoms with van der Waals surface area (Å²) in [7, 11) is 0. The van der Waals surface area contributed by atoms with Gasteiger partial charge in [-0.2, -0.15) is 0 Å². The van der Waals surface area contributed by atoms with Crippen LogP contribution in [0.5, 0.6) is 0 Å². The Morgan fingerprint density at radius 1 is 1.06 bits per heavy atom. The Hall–Kier alpha value is -1.82. The van der Waals surface area contributed by atoms with Crippen LogP contribution in [0.25, 0.3) is 0 Å². The normalized spacial score (nSPS) is 24.6. The van der Waals surface area contributed by atoms with E-state index in [-0.39, 0.29) is 30.0 Å². The lowest BCUT2D eigenvalue weighted by atomic mass is 9.81. The molecule has 32 heavy (non-hydrogen) atoms. The summed E-state index contributed by atoms with van der Waals surface area (Å²) in [5.74, 6) is -0.465. The minimum absolute atomic E-state index is 0.0181. The number of rotatable bonds is 6. The molecule has 2 heterocycles. The number of carbonyl (C=O) groups excluding carboxylic acids is 2. The Kier molecular flexibility index (Phi) is 7.93. The van der Waals surface area contributed by atoms with E-state index in [0.717, 1.165) is 60.8 Å². The Labute approximate surface area is 199 Å². The molecule has 0 bridgehead atoms. The van der Waals surface area contributed by atoms with Crippen LogP contribution >= 0.6 is 23.4 Å². The molecular formula is C26H30ClNO3S. The quantitative estimate of drug-likeness (QED) is 0.386. The maximum absolute atomic E-state index is 13.6. The molecule has 0 aliphatic carbocycles. The molecule has 4 rings (SSSR count). The Morgan fingerprint density at radius 2 is 1.81 bits per heavy atom. The largest absolute Gasteiger partial charge is 0.457 e. The molecule has 0 N–H and O–H groups in total. The van der Waals surface area contributed by atoms with Crippen molar-refractivity contribution in [3.05, 3.63) is 64.7 Å². The zero-order chi connectivity index (χ0) is 22.5. The van der Waals surface area contributed by atoms with E-state index in [2.05, 4.69) is 17.0 Å². The van der Waals surface area contributed by atoms with Crippen LogP contribution in [0.3, 0.4) is 0 Å². The fourth-order valence-electron chi connectivity index (χ4n) is 4.82. The van der Waals surface area contributed by atoms with E-state index >= 15 is 0 Å². The summed E-state index contributed by atoms with van der Waals surface area (Å²) < 4.78 is 5.62. The molecule has 2 fully saturated rings. The first-order valence-corrected chi connectivity index (χ1v) is 13.0. The van der Waals surface area contributed by atoms with Crippen LogP contribution in [0, 0.1) is 11.8 Å². The molecule has 0 radical (unpaired) electrons. The molecule has 6 heteroatoms. The molecule has 2 aliphatic rings. The molecule has 2 saturated heterocycles. The maximum atomic E-state index is 13.6. The van der Waals surface area contributed by atoms with Gasteiger partial charge in [0.05, 0.1) is 12.3 Å². The van der Waals surface area contributed by atoms with Gasteiger partial charge in [-0.05, 0) is 74.0 Å². The summed E-state index contributed by atoms with van der Waals surface area (Å²) in [5.41, 5.74) is 2.16. The van der Waals surface area contributed by atoms with Crippen molar-refractivity contribution >= 4 is 35.1 Å². The first kappa shape index (κ1) is 23.3. The van der Waals surface area contributed by atoms with Crippen LogP contribution in [-0.4, -0.2) is 36.0 Å². The van der Waals surface area contributed by atoms with Crippen LogP contribution in [0.4, 0.5) is 0 Å². The zero-order valence-electron chi connectivity index (χ0n) is 18.5. The van der Waals surface area contributed by atoms with E-state index in [4.69, 9.17) is 16.3 Å². The average Bonchev–Trinajstić information content (AvgIpc) is 3.18. The number of esters is 1. The predicted octanol–water partition coefficient (Wildman–Crippen LogP) is 5.93. The molecule has 0 spiro atoms. The van der Waals surface area contributed by atoms with Gasteiger partial charge in [0.15, 0.2) is 0 Å².